The van der Waals surface area contributed by atoms with Crippen molar-refractivity contribution in [1.82, 2.24) is 0 Å². The molecule has 1 nitrogen and oxygen atoms in total. The number of hydrogen-bond acceptors (Lipinski definition) is 2. The second-order valence-corrected chi connectivity index (χ2v) is 3.73. The molecule has 60 valence electrons. The molecule has 0 saturated heterocycles. The molecule has 1 rings (SSSR count). The van der Waals surface area contributed by atoms with E-state index in [4.69, 9.17) is 0 Å². The molecule has 0 aliphatic carbocycles. The average molecular weight is 168 g/mol. The fourth-order valence-electron chi connectivity index (χ4n) is 0.961. The van der Waals surface area contributed by atoms with Crippen molar-refractivity contribution in [3.05, 3.63) is 21.9 Å². The summed E-state index contributed by atoms with van der Waals surface area (Å²) in [7, 11) is 0. The second kappa shape index (κ2) is 3.67. The van der Waals surface area contributed by atoms with Gasteiger partial charge < -0.3 is 0 Å². The molecule has 0 unspecified atom stereocenters. The maximum Gasteiger partial charge on any atom is 0.163 e. The van der Waals surface area contributed by atoms with Crippen molar-refractivity contribution in [3.63, 3.8) is 0 Å². The van der Waals surface area contributed by atoms with E-state index in [1.165, 1.54) is 4.88 Å². The molecule has 0 aromatic carbocycles. The van der Waals surface area contributed by atoms with Crippen molar-refractivity contribution in [3.8, 4) is 0 Å². The Morgan fingerprint density at radius 2 is 2.36 bits per heavy atom. The lowest BCUT2D eigenvalue weighted by Gasteiger charge is -1.91. The van der Waals surface area contributed by atoms with E-state index in [2.05, 4.69) is 0 Å². The molecule has 1 heterocycles. The number of thiophene rings is 1. The Morgan fingerprint density at radius 3 is 2.82 bits per heavy atom. The molecule has 0 aliphatic rings. The highest BCUT2D eigenvalue weighted by Gasteiger charge is 2.04. The molecular weight excluding hydrogens is 156 g/mol. The fourth-order valence-corrected chi connectivity index (χ4v) is 1.67. The first kappa shape index (κ1) is 8.47. The van der Waals surface area contributed by atoms with Crippen LogP contribution in [0.25, 0.3) is 0 Å². The highest BCUT2D eigenvalue weighted by molar-refractivity contribution is 7.10. The van der Waals surface area contributed by atoms with Gasteiger partial charge in [-0.15, -0.1) is 11.3 Å². The van der Waals surface area contributed by atoms with E-state index in [1.54, 1.807) is 11.3 Å². The van der Waals surface area contributed by atoms with Crippen molar-refractivity contribution in [2.45, 2.75) is 26.7 Å². The van der Waals surface area contributed by atoms with Crippen LogP contribution in [0, 0.1) is 6.92 Å². The predicted octanol–water partition coefficient (Wildman–Crippen LogP) is 3.04. The predicted molar refractivity (Wildman–Crippen MR) is 48.3 cm³/mol. The molecule has 0 fully saturated rings. The number of ketones is 1. The summed E-state index contributed by atoms with van der Waals surface area (Å²) in [6, 6.07) is 1.96. The van der Waals surface area contributed by atoms with E-state index in [0.717, 1.165) is 12.0 Å². The number of carbonyl (C=O) groups excluding carboxylic acids is 1. The smallest absolute Gasteiger partial charge is 0.163 e. The lowest BCUT2D eigenvalue weighted by atomic mass is 10.1. The first-order valence-corrected chi connectivity index (χ1v) is 4.70. The third-order valence-electron chi connectivity index (χ3n) is 1.53. The first-order chi connectivity index (χ1) is 5.24. The van der Waals surface area contributed by atoms with E-state index in [9.17, 15) is 4.79 Å². The third-order valence-corrected chi connectivity index (χ3v) is 2.39. The molecule has 0 atom stereocenters. The molecule has 0 spiro atoms. The normalized spacial score (nSPS) is 10.0. The summed E-state index contributed by atoms with van der Waals surface area (Å²) in [5.41, 5.74) is 0.884. The van der Waals surface area contributed by atoms with Gasteiger partial charge in [-0.05, 0) is 19.4 Å². The molecule has 0 bridgehead atoms. The van der Waals surface area contributed by atoms with Crippen molar-refractivity contribution in [2.75, 3.05) is 0 Å². The lowest BCUT2D eigenvalue weighted by Crippen LogP contribution is -1.94. The molecule has 0 N–H and O–H groups in total. The summed E-state index contributed by atoms with van der Waals surface area (Å²) < 4.78 is 0. The number of rotatable bonds is 3. The summed E-state index contributed by atoms with van der Waals surface area (Å²) >= 11 is 1.64. The summed E-state index contributed by atoms with van der Waals surface area (Å²) in [6.07, 6.45) is 1.61. The molecule has 0 radical (unpaired) electrons. The van der Waals surface area contributed by atoms with Gasteiger partial charge in [0, 0.05) is 22.2 Å². The Morgan fingerprint density at radius 1 is 1.64 bits per heavy atom. The van der Waals surface area contributed by atoms with Gasteiger partial charge in [0.05, 0.1) is 0 Å². The van der Waals surface area contributed by atoms with Gasteiger partial charge in [0.25, 0.3) is 0 Å². The van der Waals surface area contributed by atoms with Gasteiger partial charge in [-0.2, -0.15) is 0 Å². The van der Waals surface area contributed by atoms with Crippen LogP contribution in [0.3, 0.4) is 0 Å². The number of hydrogen-bond donors (Lipinski definition) is 0. The van der Waals surface area contributed by atoms with Crippen LogP contribution in [0.1, 0.15) is 35.0 Å². The zero-order valence-corrected chi connectivity index (χ0v) is 7.70. The SMILES string of the molecule is CCCC(=O)c1csc(C)c1. The standard InChI is InChI=1S/C9H12OS/c1-3-4-9(10)8-5-7(2)11-6-8/h5-6H,3-4H2,1-2H3. The zero-order valence-electron chi connectivity index (χ0n) is 6.89. The molecular formula is C9H12OS. The molecule has 2 heteroatoms. The minimum absolute atomic E-state index is 0.275. The lowest BCUT2D eigenvalue weighted by molar-refractivity contribution is 0.0982. The van der Waals surface area contributed by atoms with E-state index in [-0.39, 0.29) is 5.78 Å². The van der Waals surface area contributed by atoms with Crippen LogP contribution >= 0.6 is 11.3 Å². The first-order valence-electron chi connectivity index (χ1n) is 3.82. The largest absolute Gasteiger partial charge is 0.294 e. The summed E-state index contributed by atoms with van der Waals surface area (Å²) in [6.45, 7) is 4.05. The van der Waals surface area contributed by atoms with Crippen molar-refractivity contribution < 1.29 is 4.79 Å². The van der Waals surface area contributed by atoms with Crippen molar-refractivity contribution in [1.29, 1.82) is 0 Å². The van der Waals surface area contributed by atoms with Crippen LogP contribution in [-0.2, 0) is 0 Å². The maximum absolute atomic E-state index is 11.3. The van der Waals surface area contributed by atoms with Gasteiger partial charge in [0.2, 0.25) is 0 Å². The zero-order chi connectivity index (χ0) is 8.27. The van der Waals surface area contributed by atoms with Crippen LogP contribution in [0.2, 0.25) is 0 Å². The van der Waals surface area contributed by atoms with Gasteiger partial charge in [0.15, 0.2) is 5.78 Å². The van der Waals surface area contributed by atoms with Crippen molar-refractivity contribution >= 4 is 17.1 Å². The summed E-state index contributed by atoms with van der Waals surface area (Å²) in [5.74, 6) is 0.275. The number of Topliss-reactive ketones (excluding diaryl/α,β-unsaturated/α-hetero) is 1. The highest BCUT2D eigenvalue weighted by Crippen LogP contribution is 2.15. The minimum atomic E-state index is 0.275. The van der Waals surface area contributed by atoms with Gasteiger partial charge in [-0.1, -0.05) is 6.92 Å². The summed E-state index contributed by atoms with van der Waals surface area (Å²) in [4.78, 5) is 12.5. The second-order valence-electron chi connectivity index (χ2n) is 2.62. The van der Waals surface area contributed by atoms with Crippen LogP contribution in [-0.4, -0.2) is 5.78 Å². The number of aryl methyl sites for hydroxylation is 1. The summed E-state index contributed by atoms with van der Waals surface area (Å²) in [5, 5.41) is 1.94. The average Bonchev–Trinajstić information content (AvgIpc) is 2.36. The van der Waals surface area contributed by atoms with E-state index >= 15 is 0 Å². The Labute approximate surface area is 71.1 Å². The quantitative estimate of drug-likeness (QED) is 0.634. The van der Waals surface area contributed by atoms with Gasteiger partial charge in [-0.3, -0.25) is 4.79 Å². The van der Waals surface area contributed by atoms with Crippen molar-refractivity contribution in [2.24, 2.45) is 0 Å². The molecule has 0 aliphatic heterocycles. The molecule has 11 heavy (non-hydrogen) atoms. The molecule has 0 saturated carbocycles. The highest BCUT2D eigenvalue weighted by atomic mass is 32.1. The number of carbonyl (C=O) groups is 1. The minimum Gasteiger partial charge on any atom is -0.294 e. The van der Waals surface area contributed by atoms with E-state index in [1.807, 2.05) is 25.3 Å². The monoisotopic (exact) mass is 168 g/mol. The molecule has 0 amide bonds. The van der Waals surface area contributed by atoms with Gasteiger partial charge >= 0.3 is 0 Å². The topological polar surface area (TPSA) is 17.1 Å². The Hall–Kier alpha value is -0.630. The third kappa shape index (κ3) is 2.15. The van der Waals surface area contributed by atoms with Crippen LogP contribution in [0.4, 0.5) is 0 Å². The maximum atomic E-state index is 11.3. The fraction of sp³-hybridized carbons (Fsp3) is 0.444. The Kier molecular flexibility index (Phi) is 2.83. The Balaban J connectivity index is 2.69. The van der Waals surface area contributed by atoms with Crippen LogP contribution < -0.4 is 0 Å². The van der Waals surface area contributed by atoms with E-state index in [0.29, 0.717) is 6.42 Å². The van der Waals surface area contributed by atoms with E-state index < -0.39 is 0 Å². The molecule has 1 aromatic heterocycles. The van der Waals surface area contributed by atoms with Gasteiger partial charge in [0.1, 0.15) is 0 Å². The van der Waals surface area contributed by atoms with Crippen LogP contribution in [0.5, 0.6) is 0 Å². The van der Waals surface area contributed by atoms with Crippen LogP contribution in [0.15, 0.2) is 11.4 Å². The molecule has 1 aromatic rings. The Bertz CT molecular complexity index is 250. The van der Waals surface area contributed by atoms with Gasteiger partial charge in [-0.25, -0.2) is 0 Å².